The van der Waals surface area contributed by atoms with Crippen LogP contribution in [0, 0.1) is 3.57 Å². The summed E-state index contributed by atoms with van der Waals surface area (Å²) in [5.74, 6) is 0.965. The van der Waals surface area contributed by atoms with Crippen LogP contribution in [0.5, 0.6) is 11.5 Å². The van der Waals surface area contributed by atoms with Gasteiger partial charge in [0.2, 0.25) is 0 Å². The van der Waals surface area contributed by atoms with E-state index in [9.17, 15) is 9.90 Å². The Balaban J connectivity index is 1.95. The van der Waals surface area contributed by atoms with E-state index in [0.29, 0.717) is 47.9 Å². The third kappa shape index (κ3) is 4.07. The summed E-state index contributed by atoms with van der Waals surface area (Å²) >= 11 is 2.13. The first kappa shape index (κ1) is 18.0. The second-order valence-corrected chi connectivity index (χ2v) is 6.98. The number of rotatable bonds is 5. The van der Waals surface area contributed by atoms with Crippen LogP contribution in [0.1, 0.15) is 41.8 Å². The zero-order valence-corrected chi connectivity index (χ0v) is 16.1. The number of halogens is 1. The summed E-state index contributed by atoms with van der Waals surface area (Å²) in [4.78, 5) is 12.7. The van der Waals surface area contributed by atoms with Gasteiger partial charge in [0.1, 0.15) is 13.2 Å². The molecule has 0 bridgehead atoms. The number of nitrogens with one attached hydrogen (secondary N) is 1. The maximum Gasteiger partial charge on any atom is 0.256 e. The second-order valence-electron chi connectivity index (χ2n) is 5.82. The number of anilines is 1. The van der Waals surface area contributed by atoms with Crippen molar-refractivity contribution in [3.05, 3.63) is 51.1 Å². The Kier molecular flexibility index (Phi) is 5.80. The molecule has 1 aliphatic heterocycles. The molecule has 6 heteroatoms. The fraction of sp³-hybridized carbons (Fsp3) is 0.316. The summed E-state index contributed by atoms with van der Waals surface area (Å²) in [6, 6.07) is 10.9. The lowest BCUT2D eigenvalue weighted by atomic mass is 10.0. The van der Waals surface area contributed by atoms with Crippen molar-refractivity contribution in [3.63, 3.8) is 0 Å². The highest BCUT2D eigenvalue weighted by Crippen LogP contribution is 2.39. The van der Waals surface area contributed by atoms with Crippen molar-refractivity contribution < 1.29 is 19.4 Å². The molecule has 2 N–H and O–H groups in total. The average Bonchev–Trinajstić information content (AvgIpc) is 2.61. The number of aliphatic hydroxyl groups is 1. The summed E-state index contributed by atoms with van der Waals surface area (Å²) in [5, 5.41) is 13.4. The predicted octanol–water partition coefficient (Wildman–Crippen LogP) is 4.15. The standard InChI is InChI=1S/C19H20INO4/c1-2-5-16(22)13-10-17-18(25-9-8-24-17)11-15(13)21-19(23)12-6-3-4-7-14(12)20/h3-4,6-7,10-11,16,22H,2,5,8-9H2,1H3,(H,21,23). The zero-order valence-electron chi connectivity index (χ0n) is 13.9. The summed E-state index contributed by atoms with van der Waals surface area (Å²) in [6.07, 6.45) is 0.760. The Morgan fingerprint density at radius 2 is 1.92 bits per heavy atom. The van der Waals surface area contributed by atoms with Gasteiger partial charge in [-0.15, -0.1) is 0 Å². The monoisotopic (exact) mass is 453 g/mol. The molecule has 0 aliphatic carbocycles. The van der Waals surface area contributed by atoms with Gasteiger partial charge in [-0.1, -0.05) is 25.5 Å². The lowest BCUT2D eigenvalue weighted by Crippen LogP contribution is -2.19. The molecule has 1 aliphatic rings. The maximum absolute atomic E-state index is 12.7. The van der Waals surface area contributed by atoms with Crippen LogP contribution in [0.2, 0.25) is 0 Å². The molecular formula is C19H20INO4. The SMILES string of the molecule is CCCC(O)c1cc2c(cc1NC(=O)c1ccccc1I)OCCO2. The Hall–Kier alpha value is -1.80. The van der Waals surface area contributed by atoms with Gasteiger partial charge < -0.3 is 19.9 Å². The highest BCUT2D eigenvalue weighted by Gasteiger charge is 2.21. The summed E-state index contributed by atoms with van der Waals surface area (Å²) in [6.45, 7) is 2.95. The van der Waals surface area contributed by atoms with Crippen LogP contribution in [-0.4, -0.2) is 24.2 Å². The van der Waals surface area contributed by atoms with Crippen molar-refractivity contribution in [2.75, 3.05) is 18.5 Å². The number of hydrogen-bond donors (Lipinski definition) is 2. The molecule has 3 rings (SSSR count). The number of aliphatic hydroxyl groups excluding tert-OH is 1. The van der Waals surface area contributed by atoms with Gasteiger partial charge in [-0.25, -0.2) is 0 Å². The average molecular weight is 453 g/mol. The van der Waals surface area contributed by atoms with Crippen LogP contribution in [0.25, 0.3) is 0 Å². The number of hydrogen-bond acceptors (Lipinski definition) is 4. The third-order valence-electron chi connectivity index (χ3n) is 4.00. The topological polar surface area (TPSA) is 67.8 Å². The fourth-order valence-electron chi connectivity index (χ4n) is 2.75. The first-order chi connectivity index (χ1) is 12.1. The Labute approximate surface area is 160 Å². The lowest BCUT2D eigenvalue weighted by molar-refractivity contribution is 0.102. The van der Waals surface area contributed by atoms with Crippen LogP contribution >= 0.6 is 22.6 Å². The van der Waals surface area contributed by atoms with Gasteiger partial charge in [-0.05, 0) is 47.2 Å². The van der Waals surface area contributed by atoms with Crippen molar-refractivity contribution >= 4 is 34.2 Å². The van der Waals surface area contributed by atoms with Crippen molar-refractivity contribution in [3.8, 4) is 11.5 Å². The summed E-state index contributed by atoms with van der Waals surface area (Å²) < 4.78 is 12.1. The summed E-state index contributed by atoms with van der Waals surface area (Å²) in [7, 11) is 0. The van der Waals surface area contributed by atoms with Gasteiger partial charge >= 0.3 is 0 Å². The van der Waals surface area contributed by atoms with Crippen LogP contribution in [0.15, 0.2) is 36.4 Å². The van der Waals surface area contributed by atoms with Crippen molar-refractivity contribution in [1.82, 2.24) is 0 Å². The quantitative estimate of drug-likeness (QED) is 0.668. The van der Waals surface area contributed by atoms with E-state index in [2.05, 4.69) is 27.9 Å². The smallest absolute Gasteiger partial charge is 0.256 e. The maximum atomic E-state index is 12.7. The molecule has 1 unspecified atom stereocenters. The molecule has 0 spiro atoms. The van der Waals surface area contributed by atoms with E-state index in [-0.39, 0.29) is 5.91 Å². The van der Waals surface area contributed by atoms with E-state index < -0.39 is 6.10 Å². The molecule has 0 aromatic heterocycles. The molecule has 2 aromatic carbocycles. The van der Waals surface area contributed by atoms with Crippen molar-refractivity contribution in [1.29, 1.82) is 0 Å². The summed E-state index contributed by atoms with van der Waals surface area (Å²) in [5.41, 5.74) is 1.79. The molecule has 5 nitrogen and oxygen atoms in total. The van der Waals surface area contributed by atoms with Crippen LogP contribution in [0.4, 0.5) is 5.69 Å². The molecule has 1 heterocycles. The van der Waals surface area contributed by atoms with Crippen LogP contribution < -0.4 is 14.8 Å². The molecular weight excluding hydrogens is 433 g/mol. The fourth-order valence-corrected chi connectivity index (χ4v) is 3.38. The van der Waals surface area contributed by atoms with E-state index in [1.54, 1.807) is 18.2 Å². The number of carbonyl (C=O) groups excluding carboxylic acids is 1. The molecule has 0 fully saturated rings. The van der Waals surface area contributed by atoms with Crippen LogP contribution in [0.3, 0.4) is 0 Å². The number of benzene rings is 2. The Morgan fingerprint density at radius 3 is 2.60 bits per heavy atom. The number of amides is 1. The highest BCUT2D eigenvalue weighted by atomic mass is 127. The van der Waals surface area contributed by atoms with E-state index >= 15 is 0 Å². The highest BCUT2D eigenvalue weighted by molar-refractivity contribution is 14.1. The first-order valence-electron chi connectivity index (χ1n) is 8.27. The lowest BCUT2D eigenvalue weighted by Gasteiger charge is -2.23. The number of ether oxygens (including phenoxy) is 2. The van der Waals surface area contributed by atoms with Gasteiger partial charge in [-0.2, -0.15) is 0 Å². The molecule has 1 amide bonds. The van der Waals surface area contributed by atoms with Crippen molar-refractivity contribution in [2.24, 2.45) is 0 Å². The molecule has 1 atom stereocenters. The largest absolute Gasteiger partial charge is 0.486 e. The van der Waals surface area contributed by atoms with Crippen molar-refractivity contribution in [2.45, 2.75) is 25.9 Å². The van der Waals surface area contributed by atoms with Crippen LogP contribution in [-0.2, 0) is 0 Å². The van der Waals surface area contributed by atoms with Gasteiger partial charge in [0.05, 0.1) is 17.4 Å². The van der Waals surface area contributed by atoms with E-state index in [0.717, 1.165) is 9.99 Å². The molecule has 132 valence electrons. The molecule has 0 saturated heterocycles. The predicted molar refractivity (Wildman–Crippen MR) is 104 cm³/mol. The zero-order chi connectivity index (χ0) is 17.8. The molecule has 0 radical (unpaired) electrons. The second kappa shape index (κ2) is 8.05. The normalized spacial score (nSPS) is 14.0. The van der Waals surface area contributed by atoms with Gasteiger partial charge in [0, 0.05) is 15.2 Å². The van der Waals surface area contributed by atoms with Gasteiger partial charge in [0.25, 0.3) is 5.91 Å². The van der Waals surface area contributed by atoms with E-state index in [1.165, 1.54) is 0 Å². The third-order valence-corrected chi connectivity index (χ3v) is 4.94. The Bertz CT molecular complexity index is 778. The minimum Gasteiger partial charge on any atom is -0.486 e. The van der Waals surface area contributed by atoms with E-state index in [1.807, 2.05) is 25.1 Å². The van der Waals surface area contributed by atoms with Gasteiger partial charge in [0.15, 0.2) is 11.5 Å². The van der Waals surface area contributed by atoms with Gasteiger partial charge in [-0.3, -0.25) is 4.79 Å². The molecule has 25 heavy (non-hydrogen) atoms. The Morgan fingerprint density at radius 1 is 1.24 bits per heavy atom. The number of carbonyl (C=O) groups is 1. The number of fused-ring (bicyclic) bond motifs is 1. The van der Waals surface area contributed by atoms with E-state index in [4.69, 9.17) is 9.47 Å². The minimum absolute atomic E-state index is 0.216. The molecule has 2 aromatic rings. The molecule has 0 saturated carbocycles. The first-order valence-corrected chi connectivity index (χ1v) is 9.35. The minimum atomic E-state index is -0.675.